The molecule has 0 aliphatic carbocycles. The maximum absolute atomic E-state index is 8.60. The number of rotatable bonds is 1. The van der Waals surface area contributed by atoms with Gasteiger partial charge in [-0.3, -0.25) is 4.68 Å². The van der Waals surface area contributed by atoms with Gasteiger partial charge in [-0.05, 0) is 0 Å². The molecular weight excluding hydrogens is 182 g/mol. The highest BCUT2D eigenvalue weighted by atomic mass is 15.4. The minimum absolute atomic E-state index is 0.342. The first-order valence-corrected chi connectivity index (χ1v) is 3.81. The molecular formula is C7H6N7. The summed E-state index contributed by atoms with van der Waals surface area (Å²) in [6.07, 6.45) is 1.34. The van der Waals surface area contributed by atoms with Gasteiger partial charge in [0.1, 0.15) is 18.2 Å². The van der Waals surface area contributed by atoms with Crippen molar-refractivity contribution in [3.8, 4) is 6.07 Å². The molecule has 69 valence electrons. The zero-order chi connectivity index (χ0) is 9.97. The Bertz CT molecular complexity index is 447. The van der Waals surface area contributed by atoms with Gasteiger partial charge >= 0.3 is 0 Å². The number of hydrogen-bond donors (Lipinski definition) is 1. The summed E-state index contributed by atoms with van der Waals surface area (Å²) in [4.78, 5) is 0. The lowest BCUT2D eigenvalue weighted by Gasteiger charge is -2.02. The van der Waals surface area contributed by atoms with E-state index in [1.54, 1.807) is 13.1 Å². The number of anilines is 1. The minimum Gasteiger partial charge on any atom is -0.308 e. The van der Waals surface area contributed by atoms with Crippen LogP contribution >= 0.6 is 0 Å². The lowest BCUT2D eigenvalue weighted by molar-refractivity contribution is 0.772. The average molecular weight is 188 g/mol. The van der Waals surface area contributed by atoms with Gasteiger partial charge in [0, 0.05) is 13.1 Å². The zero-order valence-corrected chi connectivity index (χ0v) is 7.34. The molecule has 0 aromatic carbocycles. The molecule has 1 aromatic heterocycles. The van der Waals surface area contributed by atoms with Crippen LogP contribution in [0.4, 0.5) is 5.82 Å². The fourth-order valence-corrected chi connectivity index (χ4v) is 0.998. The Morgan fingerprint density at radius 3 is 3.00 bits per heavy atom. The molecule has 0 spiro atoms. The summed E-state index contributed by atoms with van der Waals surface area (Å²) < 4.78 is 1.54. The van der Waals surface area contributed by atoms with Gasteiger partial charge in [0.05, 0.1) is 0 Å². The summed E-state index contributed by atoms with van der Waals surface area (Å²) in [5.74, 6) is 1.03. The number of nitriles is 1. The van der Waals surface area contributed by atoms with Crippen LogP contribution in [-0.2, 0) is 7.05 Å². The van der Waals surface area contributed by atoms with E-state index in [1.807, 2.05) is 6.07 Å². The van der Waals surface area contributed by atoms with Crippen molar-refractivity contribution in [1.82, 2.24) is 15.1 Å². The lowest BCUT2D eigenvalue weighted by atomic mass is 10.4. The van der Waals surface area contributed by atoms with Crippen molar-refractivity contribution in [1.29, 1.82) is 5.26 Å². The van der Waals surface area contributed by atoms with E-state index in [2.05, 4.69) is 25.9 Å². The van der Waals surface area contributed by atoms with Crippen LogP contribution in [-0.4, -0.2) is 22.1 Å². The molecule has 1 aromatic rings. The molecule has 7 heteroatoms. The summed E-state index contributed by atoms with van der Waals surface area (Å²) in [6.45, 7) is 0. The maximum atomic E-state index is 8.60. The third-order valence-corrected chi connectivity index (χ3v) is 1.62. The van der Waals surface area contributed by atoms with Crippen molar-refractivity contribution in [2.45, 2.75) is 0 Å². The second-order valence-corrected chi connectivity index (χ2v) is 2.56. The Kier molecular flexibility index (Phi) is 1.87. The third kappa shape index (κ3) is 1.40. The molecule has 0 fully saturated rings. The topological polar surface area (TPSA) is 92.5 Å². The van der Waals surface area contributed by atoms with E-state index in [0.717, 1.165) is 0 Å². The van der Waals surface area contributed by atoms with Gasteiger partial charge in [-0.15, -0.1) is 10.2 Å². The first-order valence-electron chi connectivity index (χ1n) is 3.81. The van der Waals surface area contributed by atoms with Gasteiger partial charge in [-0.1, -0.05) is 0 Å². The predicted molar refractivity (Wildman–Crippen MR) is 49.6 cm³/mol. The second-order valence-electron chi connectivity index (χ2n) is 2.56. The Hall–Kier alpha value is -2.36. The first-order chi connectivity index (χ1) is 6.79. The van der Waals surface area contributed by atoms with Gasteiger partial charge in [-0.25, -0.2) is 0 Å². The third-order valence-electron chi connectivity index (χ3n) is 1.62. The van der Waals surface area contributed by atoms with Crippen molar-refractivity contribution in [2.75, 3.05) is 5.32 Å². The van der Waals surface area contributed by atoms with Crippen LogP contribution in [0.3, 0.4) is 0 Å². The SMILES string of the molecule is Cn1nc(C#N)cc1NC1=NN=C[N]1. The molecule has 1 N–H and O–H groups in total. The van der Waals surface area contributed by atoms with E-state index in [4.69, 9.17) is 5.26 Å². The molecule has 2 rings (SSSR count). The fraction of sp³-hybridized carbons (Fsp3) is 0.143. The molecule has 0 saturated carbocycles. The van der Waals surface area contributed by atoms with Crippen molar-refractivity contribution < 1.29 is 0 Å². The Morgan fingerprint density at radius 1 is 1.57 bits per heavy atom. The number of hydrogen-bond acceptors (Lipinski definition) is 5. The summed E-state index contributed by atoms with van der Waals surface area (Å²) in [6, 6.07) is 3.55. The molecule has 1 aliphatic rings. The lowest BCUT2D eigenvalue weighted by Crippen LogP contribution is -2.21. The van der Waals surface area contributed by atoms with Gasteiger partial charge in [0.2, 0.25) is 5.96 Å². The van der Waals surface area contributed by atoms with Crippen molar-refractivity contribution in [3.05, 3.63) is 11.8 Å². The number of aromatic nitrogens is 2. The normalized spacial score (nSPS) is 13.3. The van der Waals surface area contributed by atoms with Gasteiger partial charge in [0.15, 0.2) is 5.69 Å². The highest BCUT2D eigenvalue weighted by Gasteiger charge is 2.09. The molecule has 0 amide bonds. The van der Waals surface area contributed by atoms with Gasteiger partial charge < -0.3 is 5.32 Å². The van der Waals surface area contributed by atoms with E-state index >= 15 is 0 Å². The number of guanidine groups is 1. The average Bonchev–Trinajstić information content (AvgIpc) is 2.78. The molecule has 14 heavy (non-hydrogen) atoms. The molecule has 0 saturated heterocycles. The largest absolute Gasteiger partial charge is 0.308 e. The molecule has 7 nitrogen and oxygen atoms in total. The summed E-state index contributed by atoms with van der Waals surface area (Å²) in [7, 11) is 1.72. The fourth-order valence-electron chi connectivity index (χ4n) is 0.998. The van der Waals surface area contributed by atoms with Crippen LogP contribution in [0.1, 0.15) is 5.69 Å². The van der Waals surface area contributed by atoms with Crippen LogP contribution in [0.25, 0.3) is 0 Å². The Labute approximate surface area is 79.7 Å². The Morgan fingerprint density at radius 2 is 2.43 bits per heavy atom. The molecule has 0 unspecified atom stereocenters. The number of aryl methyl sites for hydroxylation is 1. The van der Waals surface area contributed by atoms with Crippen LogP contribution in [0.15, 0.2) is 16.3 Å². The summed E-state index contributed by atoms with van der Waals surface area (Å²) in [5, 5.41) is 26.5. The second kappa shape index (κ2) is 3.18. The number of nitrogens with one attached hydrogen (secondary N) is 1. The van der Waals surface area contributed by atoms with Gasteiger partial charge in [0.25, 0.3) is 0 Å². The highest BCUT2D eigenvalue weighted by molar-refractivity contribution is 6.01. The molecule has 0 bridgehead atoms. The predicted octanol–water partition coefficient (Wildman–Crippen LogP) is -0.379. The van der Waals surface area contributed by atoms with Crippen molar-refractivity contribution in [2.24, 2.45) is 17.3 Å². The summed E-state index contributed by atoms with van der Waals surface area (Å²) >= 11 is 0. The van der Waals surface area contributed by atoms with E-state index in [0.29, 0.717) is 17.5 Å². The Balaban J connectivity index is 2.17. The van der Waals surface area contributed by atoms with E-state index < -0.39 is 0 Å². The standard InChI is InChI=1S/C7H6N7/c1-14-6(2-5(3-8)13-14)11-7-9-4-10-12-7/h2,4H,1H3,(H,11,12). The molecule has 0 atom stereocenters. The maximum Gasteiger partial charge on any atom is 0.249 e. The first kappa shape index (κ1) is 8.25. The zero-order valence-electron chi connectivity index (χ0n) is 7.34. The van der Waals surface area contributed by atoms with Gasteiger partial charge in [-0.2, -0.15) is 15.7 Å². The van der Waals surface area contributed by atoms with Crippen LogP contribution in [0.2, 0.25) is 0 Å². The molecule has 1 radical (unpaired) electrons. The van der Waals surface area contributed by atoms with E-state index in [9.17, 15) is 0 Å². The summed E-state index contributed by atoms with van der Waals surface area (Å²) in [5.41, 5.74) is 0.342. The van der Waals surface area contributed by atoms with Crippen LogP contribution in [0, 0.1) is 11.3 Å². The smallest absolute Gasteiger partial charge is 0.249 e. The van der Waals surface area contributed by atoms with Crippen LogP contribution < -0.4 is 10.6 Å². The molecule has 1 aliphatic heterocycles. The van der Waals surface area contributed by atoms with Crippen LogP contribution in [0.5, 0.6) is 0 Å². The van der Waals surface area contributed by atoms with Crippen molar-refractivity contribution in [3.63, 3.8) is 0 Å². The van der Waals surface area contributed by atoms with E-state index in [-0.39, 0.29) is 0 Å². The molecule has 2 heterocycles. The van der Waals surface area contributed by atoms with E-state index in [1.165, 1.54) is 11.0 Å². The van der Waals surface area contributed by atoms with Crippen molar-refractivity contribution >= 4 is 18.1 Å². The highest BCUT2D eigenvalue weighted by Crippen LogP contribution is 2.08. The number of nitrogens with zero attached hydrogens (tertiary/aromatic N) is 6. The quantitative estimate of drug-likeness (QED) is 0.651. The minimum atomic E-state index is 0.342. The monoisotopic (exact) mass is 188 g/mol.